The highest BCUT2D eigenvalue weighted by Crippen LogP contribution is 2.27. The molecule has 0 saturated heterocycles. The Hall–Kier alpha value is -1.98. The Kier molecular flexibility index (Phi) is 6.30. The van der Waals surface area contributed by atoms with Crippen molar-refractivity contribution < 1.29 is 9.53 Å². The molecule has 0 radical (unpaired) electrons. The number of ether oxygens (including phenoxy) is 1. The van der Waals surface area contributed by atoms with Gasteiger partial charge in [0, 0.05) is 23.7 Å². The first-order valence-electron chi connectivity index (χ1n) is 7.07. The molecule has 0 fully saturated rings. The third-order valence-electron chi connectivity index (χ3n) is 3.09. The summed E-state index contributed by atoms with van der Waals surface area (Å²) in [6.45, 7) is 0.915. The third kappa shape index (κ3) is 4.51. The Balaban J connectivity index is 2.07. The van der Waals surface area contributed by atoms with Crippen LogP contribution in [0.5, 0.6) is 5.75 Å². The maximum atomic E-state index is 12.1. The summed E-state index contributed by atoms with van der Waals surface area (Å²) in [6, 6.07) is 15.5. The van der Waals surface area contributed by atoms with Gasteiger partial charge in [0.1, 0.15) is 5.75 Å². The van der Waals surface area contributed by atoms with Gasteiger partial charge in [0.05, 0.1) is 12.7 Å². The number of amides is 1. The number of carbonyl (C=O) groups excluding carboxylic acids is 1. The number of hydrogen-bond donors (Lipinski definition) is 2. The van der Waals surface area contributed by atoms with Crippen molar-refractivity contribution in [1.29, 1.82) is 0 Å². The molecular formula is C17H20N2O2S. The normalized spacial score (nSPS) is 10.3. The van der Waals surface area contributed by atoms with Crippen molar-refractivity contribution in [3.8, 4) is 5.75 Å². The molecule has 2 rings (SSSR count). The summed E-state index contributed by atoms with van der Waals surface area (Å²) in [4.78, 5) is 13.1. The van der Waals surface area contributed by atoms with E-state index in [-0.39, 0.29) is 5.91 Å². The summed E-state index contributed by atoms with van der Waals surface area (Å²) in [5.41, 5.74) is 7.26. The molecule has 0 aliphatic carbocycles. The minimum atomic E-state index is -0.0841. The van der Waals surface area contributed by atoms with Gasteiger partial charge in [-0.2, -0.15) is 0 Å². The van der Waals surface area contributed by atoms with E-state index in [1.54, 1.807) is 18.9 Å². The molecule has 3 N–H and O–H groups in total. The van der Waals surface area contributed by atoms with E-state index in [2.05, 4.69) is 5.32 Å². The van der Waals surface area contributed by atoms with Gasteiger partial charge in [-0.15, -0.1) is 11.8 Å². The van der Waals surface area contributed by atoms with Gasteiger partial charge in [-0.3, -0.25) is 4.79 Å². The topological polar surface area (TPSA) is 64.3 Å². The molecule has 0 bridgehead atoms. The van der Waals surface area contributed by atoms with Crippen LogP contribution in [-0.4, -0.2) is 26.1 Å². The maximum Gasteiger partial charge on any atom is 0.252 e. The molecule has 0 atom stereocenters. The first-order chi connectivity index (χ1) is 10.7. The average molecular weight is 316 g/mol. The molecule has 2 aromatic rings. The summed E-state index contributed by atoms with van der Waals surface area (Å²) in [5.74, 6) is 1.53. The summed E-state index contributed by atoms with van der Waals surface area (Å²) in [7, 11) is 1.66. The summed E-state index contributed by atoms with van der Waals surface area (Å²) in [6.07, 6.45) is 0. The monoisotopic (exact) mass is 316 g/mol. The molecular weight excluding hydrogens is 296 g/mol. The van der Waals surface area contributed by atoms with Gasteiger partial charge in [0.2, 0.25) is 0 Å². The molecule has 116 valence electrons. The van der Waals surface area contributed by atoms with Crippen LogP contribution in [0.4, 0.5) is 0 Å². The molecule has 2 aromatic carbocycles. The first-order valence-corrected chi connectivity index (χ1v) is 8.06. The van der Waals surface area contributed by atoms with Gasteiger partial charge in [0.15, 0.2) is 0 Å². The highest BCUT2D eigenvalue weighted by atomic mass is 32.2. The largest absolute Gasteiger partial charge is 0.497 e. The van der Waals surface area contributed by atoms with E-state index in [4.69, 9.17) is 10.5 Å². The molecule has 1 amide bonds. The lowest BCUT2D eigenvalue weighted by atomic mass is 10.2. The molecule has 0 aliphatic rings. The van der Waals surface area contributed by atoms with Crippen LogP contribution in [0.1, 0.15) is 15.9 Å². The summed E-state index contributed by atoms with van der Waals surface area (Å²) >= 11 is 1.63. The van der Waals surface area contributed by atoms with Gasteiger partial charge in [-0.1, -0.05) is 24.3 Å². The van der Waals surface area contributed by atoms with Crippen LogP contribution >= 0.6 is 11.8 Å². The van der Waals surface area contributed by atoms with Crippen molar-refractivity contribution in [1.82, 2.24) is 5.32 Å². The molecule has 5 heteroatoms. The van der Waals surface area contributed by atoms with Crippen molar-refractivity contribution in [2.24, 2.45) is 5.73 Å². The second-order valence-corrected chi connectivity index (χ2v) is 5.70. The van der Waals surface area contributed by atoms with Gasteiger partial charge in [-0.25, -0.2) is 0 Å². The van der Waals surface area contributed by atoms with Crippen molar-refractivity contribution in [2.45, 2.75) is 10.6 Å². The predicted molar refractivity (Wildman–Crippen MR) is 90.4 cm³/mol. The number of hydrogen-bond acceptors (Lipinski definition) is 4. The lowest BCUT2D eigenvalue weighted by Gasteiger charge is -2.10. The zero-order valence-electron chi connectivity index (χ0n) is 12.5. The van der Waals surface area contributed by atoms with Crippen molar-refractivity contribution >= 4 is 17.7 Å². The standard InChI is InChI=1S/C17H20N2O2S/c1-21-14-6-4-5-13(11-14)12-22-16-8-3-2-7-15(16)17(20)19-10-9-18/h2-8,11H,9-10,12,18H2,1H3,(H,19,20). The van der Waals surface area contributed by atoms with Crippen LogP contribution in [0.15, 0.2) is 53.4 Å². The van der Waals surface area contributed by atoms with E-state index in [1.807, 2.05) is 48.5 Å². The van der Waals surface area contributed by atoms with E-state index in [1.165, 1.54) is 0 Å². The fraction of sp³-hybridized carbons (Fsp3) is 0.235. The molecule has 0 aliphatic heterocycles. The zero-order chi connectivity index (χ0) is 15.8. The number of methoxy groups -OCH3 is 1. The van der Waals surface area contributed by atoms with Crippen LogP contribution in [0, 0.1) is 0 Å². The minimum Gasteiger partial charge on any atom is -0.497 e. The van der Waals surface area contributed by atoms with Gasteiger partial charge in [-0.05, 0) is 29.8 Å². The van der Waals surface area contributed by atoms with Crippen LogP contribution in [0.25, 0.3) is 0 Å². The molecule has 0 saturated carbocycles. The van der Waals surface area contributed by atoms with E-state index in [0.717, 1.165) is 22.0 Å². The highest BCUT2D eigenvalue weighted by molar-refractivity contribution is 7.98. The Bertz CT molecular complexity index is 632. The third-order valence-corrected chi connectivity index (χ3v) is 4.23. The first kappa shape index (κ1) is 16.4. The number of benzene rings is 2. The lowest BCUT2D eigenvalue weighted by Crippen LogP contribution is -2.29. The molecule has 4 nitrogen and oxygen atoms in total. The van der Waals surface area contributed by atoms with Gasteiger partial charge < -0.3 is 15.8 Å². The minimum absolute atomic E-state index is 0.0841. The number of carbonyl (C=O) groups is 1. The zero-order valence-corrected chi connectivity index (χ0v) is 13.4. The number of nitrogens with two attached hydrogens (primary N) is 1. The Morgan fingerprint density at radius 2 is 2.05 bits per heavy atom. The van der Waals surface area contributed by atoms with Crippen molar-refractivity contribution in [2.75, 3.05) is 20.2 Å². The van der Waals surface area contributed by atoms with Crippen molar-refractivity contribution in [3.63, 3.8) is 0 Å². The van der Waals surface area contributed by atoms with E-state index < -0.39 is 0 Å². The molecule has 0 aromatic heterocycles. The van der Waals surface area contributed by atoms with Crippen LogP contribution in [0.3, 0.4) is 0 Å². The van der Waals surface area contributed by atoms with Crippen LogP contribution in [-0.2, 0) is 5.75 Å². The molecule has 0 spiro atoms. The number of nitrogens with one attached hydrogen (secondary N) is 1. The highest BCUT2D eigenvalue weighted by Gasteiger charge is 2.10. The summed E-state index contributed by atoms with van der Waals surface area (Å²) < 4.78 is 5.23. The Morgan fingerprint density at radius 3 is 2.82 bits per heavy atom. The molecule has 0 heterocycles. The Morgan fingerprint density at radius 1 is 1.23 bits per heavy atom. The average Bonchev–Trinajstić information content (AvgIpc) is 2.58. The quantitative estimate of drug-likeness (QED) is 0.771. The van der Waals surface area contributed by atoms with E-state index in [0.29, 0.717) is 18.7 Å². The Labute approximate surface area is 135 Å². The summed E-state index contributed by atoms with van der Waals surface area (Å²) in [5, 5.41) is 2.81. The predicted octanol–water partition coefficient (Wildman–Crippen LogP) is 2.68. The van der Waals surface area contributed by atoms with Gasteiger partial charge in [0.25, 0.3) is 5.91 Å². The molecule has 22 heavy (non-hydrogen) atoms. The SMILES string of the molecule is COc1cccc(CSc2ccccc2C(=O)NCCN)c1. The van der Waals surface area contributed by atoms with Crippen LogP contribution < -0.4 is 15.8 Å². The van der Waals surface area contributed by atoms with Crippen molar-refractivity contribution in [3.05, 3.63) is 59.7 Å². The maximum absolute atomic E-state index is 12.1. The fourth-order valence-electron chi connectivity index (χ4n) is 1.98. The number of thioether (sulfide) groups is 1. The van der Waals surface area contributed by atoms with Crippen LogP contribution in [0.2, 0.25) is 0 Å². The molecule has 0 unspecified atom stereocenters. The second kappa shape index (κ2) is 8.46. The van der Waals surface area contributed by atoms with E-state index >= 15 is 0 Å². The van der Waals surface area contributed by atoms with Gasteiger partial charge >= 0.3 is 0 Å². The second-order valence-electron chi connectivity index (χ2n) is 4.68. The van der Waals surface area contributed by atoms with E-state index in [9.17, 15) is 4.79 Å². The smallest absolute Gasteiger partial charge is 0.252 e. The number of rotatable bonds is 7. The lowest BCUT2D eigenvalue weighted by molar-refractivity contribution is 0.0952. The fourth-order valence-corrected chi connectivity index (χ4v) is 2.98.